The molecule has 0 saturated heterocycles. The second-order valence-electron chi connectivity index (χ2n) is 5.25. The zero-order valence-corrected chi connectivity index (χ0v) is 12.6. The van der Waals surface area contributed by atoms with Gasteiger partial charge in [-0.2, -0.15) is 0 Å². The number of benzene rings is 2. The largest absolute Gasteiger partial charge is 0.366 e. The van der Waals surface area contributed by atoms with Crippen LogP contribution < -0.4 is 5.73 Å². The molecular weight excluding hydrogens is 291 g/mol. The highest BCUT2D eigenvalue weighted by Crippen LogP contribution is 2.25. The normalized spacial score (nSPS) is 11.2. The van der Waals surface area contributed by atoms with E-state index in [-0.39, 0.29) is 5.82 Å². The Morgan fingerprint density at radius 1 is 1.09 bits per heavy atom. The summed E-state index contributed by atoms with van der Waals surface area (Å²) in [6, 6.07) is 13.7. The van der Waals surface area contributed by atoms with E-state index in [1.807, 2.05) is 36.4 Å². The van der Waals surface area contributed by atoms with E-state index in [1.54, 1.807) is 19.1 Å². The van der Waals surface area contributed by atoms with Crippen LogP contribution in [0.5, 0.6) is 0 Å². The lowest BCUT2D eigenvalue weighted by atomic mass is 9.99. The van der Waals surface area contributed by atoms with E-state index in [0.717, 1.165) is 22.0 Å². The molecule has 1 aromatic heterocycles. The quantitative estimate of drug-likeness (QED) is 0.796. The average Bonchev–Trinajstić information content (AvgIpc) is 2.53. The standard InChI is InChI=1S/C19H15FN2O/c1-12-18(19(21)23)16(15-4-2-3-5-17(15)22-12)11-8-13-6-9-14(20)10-7-13/h2-11H,1H3,(H2,21,23)/b11-8+. The maximum Gasteiger partial charge on any atom is 0.251 e. The van der Waals surface area contributed by atoms with Gasteiger partial charge >= 0.3 is 0 Å². The molecule has 3 aromatic rings. The second-order valence-corrected chi connectivity index (χ2v) is 5.25. The van der Waals surface area contributed by atoms with Crippen molar-refractivity contribution in [3.63, 3.8) is 0 Å². The lowest BCUT2D eigenvalue weighted by Crippen LogP contribution is -2.15. The maximum atomic E-state index is 13.0. The number of hydrogen-bond donors (Lipinski definition) is 1. The molecule has 0 spiro atoms. The van der Waals surface area contributed by atoms with Gasteiger partial charge in [0.1, 0.15) is 5.82 Å². The van der Waals surface area contributed by atoms with Crippen molar-refractivity contribution in [3.8, 4) is 0 Å². The summed E-state index contributed by atoms with van der Waals surface area (Å²) in [6.45, 7) is 1.77. The first-order valence-corrected chi connectivity index (χ1v) is 7.19. The van der Waals surface area contributed by atoms with Crippen LogP contribution in [-0.4, -0.2) is 10.9 Å². The number of halogens is 1. The first kappa shape index (κ1) is 14.9. The number of amides is 1. The van der Waals surface area contributed by atoms with Gasteiger partial charge in [-0.1, -0.05) is 42.5 Å². The van der Waals surface area contributed by atoms with Crippen LogP contribution in [0, 0.1) is 12.7 Å². The molecule has 23 heavy (non-hydrogen) atoms. The van der Waals surface area contributed by atoms with Crippen molar-refractivity contribution in [2.45, 2.75) is 6.92 Å². The molecule has 0 atom stereocenters. The highest BCUT2D eigenvalue weighted by molar-refractivity contribution is 6.05. The van der Waals surface area contributed by atoms with Crippen molar-refractivity contribution in [2.24, 2.45) is 5.73 Å². The van der Waals surface area contributed by atoms with E-state index in [4.69, 9.17) is 5.73 Å². The molecule has 0 saturated carbocycles. The molecule has 0 fully saturated rings. The summed E-state index contributed by atoms with van der Waals surface area (Å²) < 4.78 is 13.0. The smallest absolute Gasteiger partial charge is 0.251 e. The molecule has 3 rings (SSSR count). The summed E-state index contributed by atoms with van der Waals surface area (Å²) in [6.07, 6.45) is 3.65. The van der Waals surface area contributed by atoms with E-state index in [0.29, 0.717) is 11.3 Å². The van der Waals surface area contributed by atoms with E-state index in [2.05, 4.69) is 4.98 Å². The van der Waals surface area contributed by atoms with Gasteiger partial charge in [0.2, 0.25) is 0 Å². The number of aryl methyl sites for hydroxylation is 1. The summed E-state index contributed by atoms with van der Waals surface area (Å²) in [5.41, 5.74) is 8.89. The molecule has 2 N–H and O–H groups in total. The molecule has 0 aliphatic heterocycles. The third kappa shape index (κ3) is 2.97. The molecule has 4 heteroatoms. The number of carbonyl (C=O) groups is 1. The first-order chi connectivity index (χ1) is 11.1. The monoisotopic (exact) mass is 306 g/mol. The Morgan fingerprint density at radius 2 is 1.78 bits per heavy atom. The Labute approximate surface area is 133 Å². The van der Waals surface area contributed by atoms with Crippen LogP contribution in [0.15, 0.2) is 48.5 Å². The van der Waals surface area contributed by atoms with Crippen molar-refractivity contribution < 1.29 is 9.18 Å². The Morgan fingerprint density at radius 3 is 2.48 bits per heavy atom. The van der Waals surface area contributed by atoms with Crippen LogP contribution in [0.2, 0.25) is 0 Å². The molecule has 0 bridgehead atoms. The minimum absolute atomic E-state index is 0.287. The summed E-state index contributed by atoms with van der Waals surface area (Å²) in [5.74, 6) is -0.801. The van der Waals surface area contributed by atoms with Gasteiger partial charge in [-0.15, -0.1) is 0 Å². The Bertz CT molecular complexity index is 915. The fraction of sp³-hybridized carbons (Fsp3) is 0.0526. The number of carbonyl (C=O) groups excluding carboxylic acids is 1. The van der Waals surface area contributed by atoms with E-state index in [1.165, 1.54) is 12.1 Å². The van der Waals surface area contributed by atoms with Crippen LogP contribution in [0.4, 0.5) is 4.39 Å². The van der Waals surface area contributed by atoms with Gasteiger partial charge in [0.05, 0.1) is 16.8 Å². The molecule has 2 aromatic carbocycles. The SMILES string of the molecule is Cc1nc2ccccc2c(/C=C/c2ccc(F)cc2)c1C(N)=O. The maximum absolute atomic E-state index is 13.0. The minimum Gasteiger partial charge on any atom is -0.366 e. The van der Waals surface area contributed by atoms with Gasteiger partial charge in [0.25, 0.3) is 5.91 Å². The van der Waals surface area contributed by atoms with Crippen molar-refractivity contribution in [1.82, 2.24) is 4.98 Å². The number of pyridine rings is 1. The number of rotatable bonds is 3. The molecule has 0 unspecified atom stereocenters. The average molecular weight is 306 g/mol. The Balaban J connectivity index is 2.19. The number of primary amides is 1. The fourth-order valence-electron chi connectivity index (χ4n) is 2.60. The van der Waals surface area contributed by atoms with Crippen LogP contribution >= 0.6 is 0 Å². The Kier molecular flexibility index (Phi) is 3.89. The van der Waals surface area contributed by atoms with Gasteiger partial charge in [-0.05, 0) is 36.2 Å². The Hall–Kier alpha value is -3.01. The van der Waals surface area contributed by atoms with Gasteiger partial charge in [0.15, 0.2) is 0 Å². The summed E-state index contributed by atoms with van der Waals surface area (Å²) in [5, 5.41) is 0.852. The summed E-state index contributed by atoms with van der Waals surface area (Å²) in [7, 11) is 0. The molecule has 3 nitrogen and oxygen atoms in total. The molecule has 0 aliphatic carbocycles. The van der Waals surface area contributed by atoms with Crippen molar-refractivity contribution in [1.29, 1.82) is 0 Å². The van der Waals surface area contributed by atoms with E-state index < -0.39 is 5.91 Å². The number of hydrogen-bond acceptors (Lipinski definition) is 2. The van der Waals surface area contributed by atoms with Gasteiger partial charge in [0, 0.05) is 5.39 Å². The fourth-order valence-corrected chi connectivity index (χ4v) is 2.60. The molecule has 0 aliphatic rings. The number of nitrogens with zero attached hydrogens (tertiary/aromatic N) is 1. The lowest BCUT2D eigenvalue weighted by Gasteiger charge is -2.10. The highest BCUT2D eigenvalue weighted by Gasteiger charge is 2.14. The van der Waals surface area contributed by atoms with Crippen molar-refractivity contribution >= 4 is 29.0 Å². The highest BCUT2D eigenvalue weighted by atomic mass is 19.1. The predicted molar refractivity (Wildman–Crippen MR) is 90.3 cm³/mol. The zero-order valence-electron chi connectivity index (χ0n) is 12.6. The molecule has 0 radical (unpaired) electrons. The number of fused-ring (bicyclic) bond motifs is 1. The van der Waals surface area contributed by atoms with Crippen LogP contribution in [0.25, 0.3) is 23.1 Å². The summed E-state index contributed by atoms with van der Waals surface area (Å²) >= 11 is 0. The number of para-hydroxylation sites is 1. The molecule has 114 valence electrons. The van der Waals surface area contributed by atoms with Crippen LogP contribution in [0.3, 0.4) is 0 Å². The van der Waals surface area contributed by atoms with Crippen molar-refractivity contribution in [2.75, 3.05) is 0 Å². The lowest BCUT2D eigenvalue weighted by molar-refractivity contribution is 0.0999. The van der Waals surface area contributed by atoms with Crippen molar-refractivity contribution in [3.05, 3.63) is 76.7 Å². The minimum atomic E-state index is -0.514. The zero-order chi connectivity index (χ0) is 16.4. The number of aromatic nitrogens is 1. The van der Waals surface area contributed by atoms with Crippen LogP contribution in [0.1, 0.15) is 27.2 Å². The number of nitrogens with two attached hydrogens (primary N) is 1. The van der Waals surface area contributed by atoms with E-state index >= 15 is 0 Å². The first-order valence-electron chi connectivity index (χ1n) is 7.19. The van der Waals surface area contributed by atoms with Crippen LogP contribution in [-0.2, 0) is 0 Å². The topological polar surface area (TPSA) is 56.0 Å². The van der Waals surface area contributed by atoms with Gasteiger partial charge in [-0.3, -0.25) is 9.78 Å². The molecular formula is C19H15FN2O. The second kappa shape index (κ2) is 6.01. The predicted octanol–water partition coefficient (Wildman–Crippen LogP) is 3.95. The van der Waals surface area contributed by atoms with E-state index in [9.17, 15) is 9.18 Å². The molecule has 1 amide bonds. The third-order valence-corrected chi connectivity index (χ3v) is 3.67. The third-order valence-electron chi connectivity index (χ3n) is 3.67. The van der Waals surface area contributed by atoms with Gasteiger partial charge in [-0.25, -0.2) is 4.39 Å². The van der Waals surface area contributed by atoms with Gasteiger partial charge < -0.3 is 5.73 Å². The summed E-state index contributed by atoms with van der Waals surface area (Å²) in [4.78, 5) is 16.3. The molecule has 1 heterocycles.